The molecule has 29 heavy (non-hydrogen) atoms. The third-order valence-corrected chi connectivity index (χ3v) is 6.82. The van der Waals surface area contributed by atoms with Crippen molar-refractivity contribution in [3.05, 3.63) is 79.6 Å². The smallest absolute Gasteiger partial charge is 0.258 e. The van der Waals surface area contributed by atoms with E-state index >= 15 is 0 Å². The van der Waals surface area contributed by atoms with Crippen LogP contribution in [0.4, 0.5) is 10.7 Å². The molecule has 0 bridgehead atoms. The highest BCUT2D eigenvalue weighted by Crippen LogP contribution is 2.38. The lowest BCUT2D eigenvalue weighted by atomic mass is 9.95. The van der Waals surface area contributed by atoms with Crippen LogP contribution in [-0.2, 0) is 12.8 Å². The van der Waals surface area contributed by atoms with Crippen LogP contribution in [0.2, 0.25) is 5.02 Å². The molecule has 4 rings (SSSR count). The molecule has 4 nitrogen and oxygen atoms in total. The molecule has 148 valence electrons. The van der Waals surface area contributed by atoms with E-state index in [1.807, 2.05) is 12.1 Å². The molecular weight excluding hydrogens is 472 g/mol. The van der Waals surface area contributed by atoms with Gasteiger partial charge in [-0.3, -0.25) is 9.59 Å². The summed E-state index contributed by atoms with van der Waals surface area (Å²) >= 11 is 10.8. The number of halogens is 2. The van der Waals surface area contributed by atoms with Crippen molar-refractivity contribution in [3.8, 4) is 0 Å². The lowest BCUT2D eigenvalue weighted by Crippen LogP contribution is -2.18. The van der Waals surface area contributed by atoms with Gasteiger partial charge in [-0.25, -0.2) is 0 Å². The maximum atomic E-state index is 13.1. The first-order valence-electron chi connectivity index (χ1n) is 9.29. The number of anilines is 2. The highest BCUT2D eigenvalue weighted by Gasteiger charge is 2.26. The Hall–Kier alpha value is -2.15. The normalized spacial score (nSPS) is 12.9. The van der Waals surface area contributed by atoms with Gasteiger partial charge in [0.2, 0.25) is 0 Å². The molecule has 2 amide bonds. The van der Waals surface area contributed by atoms with Gasteiger partial charge >= 0.3 is 0 Å². The van der Waals surface area contributed by atoms with Crippen LogP contribution in [0, 0.1) is 0 Å². The fourth-order valence-corrected chi connectivity index (χ4v) is 5.07. The Morgan fingerprint density at radius 2 is 1.59 bits per heavy atom. The van der Waals surface area contributed by atoms with E-state index in [0.29, 0.717) is 26.8 Å². The van der Waals surface area contributed by atoms with Gasteiger partial charge in [0.05, 0.1) is 5.56 Å². The first kappa shape index (κ1) is 20.1. The molecule has 2 N–H and O–H groups in total. The largest absolute Gasteiger partial charge is 0.322 e. The van der Waals surface area contributed by atoms with Crippen molar-refractivity contribution in [2.24, 2.45) is 0 Å². The van der Waals surface area contributed by atoms with Crippen LogP contribution in [-0.4, -0.2) is 11.8 Å². The molecule has 1 aliphatic carbocycles. The van der Waals surface area contributed by atoms with E-state index < -0.39 is 0 Å². The van der Waals surface area contributed by atoms with Crippen LogP contribution in [0.25, 0.3) is 0 Å². The summed E-state index contributed by atoms with van der Waals surface area (Å²) in [5.74, 6) is -0.436. The predicted molar refractivity (Wildman–Crippen MR) is 122 cm³/mol. The Kier molecular flexibility index (Phi) is 6.04. The molecular formula is C22H18BrClN2O2S. The van der Waals surface area contributed by atoms with E-state index in [2.05, 4.69) is 26.6 Å². The molecule has 1 aliphatic rings. The van der Waals surface area contributed by atoms with E-state index in [1.165, 1.54) is 16.2 Å². The number of benzene rings is 2. The maximum absolute atomic E-state index is 13.1. The third-order valence-electron chi connectivity index (χ3n) is 4.83. The zero-order chi connectivity index (χ0) is 20.4. The van der Waals surface area contributed by atoms with Gasteiger partial charge in [0.25, 0.3) is 11.8 Å². The standard InChI is InChI=1S/C22H18BrClN2O2S/c23-14-7-5-13(6-8-14)20(27)26-22-19(17-3-1-2-4-18(17)29-22)21(28)25-16-11-9-15(24)10-12-16/h5-12H,1-4H2,(H,25,28)(H,26,27). The van der Waals surface area contributed by atoms with Gasteiger partial charge in [-0.1, -0.05) is 27.5 Å². The van der Waals surface area contributed by atoms with Crippen molar-refractivity contribution < 1.29 is 9.59 Å². The van der Waals surface area contributed by atoms with Crippen LogP contribution in [0.5, 0.6) is 0 Å². The number of thiophene rings is 1. The molecule has 3 aromatic rings. The topological polar surface area (TPSA) is 58.2 Å². The first-order chi connectivity index (χ1) is 14.0. The molecule has 1 aromatic heterocycles. The Balaban J connectivity index is 1.64. The molecule has 0 aliphatic heterocycles. The van der Waals surface area contributed by atoms with Crippen LogP contribution in [0.1, 0.15) is 44.0 Å². The van der Waals surface area contributed by atoms with E-state index in [0.717, 1.165) is 35.7 Å². The summed E-state index contributed by atoms with van der Waals surface area (Å²) in [6.07, 6.45) is 3.94. The number of aryl methyl sites for hydroxylation is 1. The van der Waals surface area contributed by atoms with Crippen LogP contribution < -0.4 is 10.6 Å². The Labute approximate surface area is 186 Å². The molecule has 0 unspecified atom stereocenters. The molecule has 0 atom stereocenters. The van der Waals surface area contributed by atoms with Crippen molar-refractivity contribution >= 4 is 61.4 Å². The molecule has 0 spiro atoms. The predicted octanol–water partition coefficient (Wildman–Crippen LogP) is 6.55. The van der Waals surface area contributed by atoms with Crippen LogP contribution >= 0.6 is 38.9 Å². The highest BCUT2D eigenvalue weighted by atomic mass is 79.9. The van der Waals surface area contributed by atoms with Crippen molar-refractivity contribution in [1.29, 1.82) is 0 Å². The summed E-state index contributed by atoms with van der Waals surface area (Å²) in [5.41, 5.74) is 2.84. The molecule has 0 saturated heterocycles. The minimum Gasteiger partial charge on any atom is -0.322 e. The lowest BCUT2D eigenvalue weighted by Gasteiger charge is -2.13. The number of hydrogen-bond donors (Lipinski definition) is 2. The summed E-state index contributed by atoms with van der Waals surface area (Å²) in [6, 6.07) is 14.1. The van der Waals surface area contributed by atoms with Gasteiger partial charge in [-0.15, -0.1) is 11.3 Å². The molecule has 7 heteroatoms. The van der Waals surface area contributed by atoms with Crippen LogP contribution in [0.3, 0.4) is 0 Å². The highest BCUT2D eigenvalue weighted by molar-refractivity contribution is 9.10. The molecule has 0 fully saturated rings. The first-order valence-corrected chi connectivity index (χ1v) is 11.3. The molecule has 0 saturated carbocycles. The van der Waals surface area contributed by atoms with Gasteiger partial charge < -0.3 is 10.6 Å². The van der Waals surface area contributed by atoms with Crippen molar-refractivity contribution in [2.75, 3.05) is 10.6 Å². The number of amides is 2. The average molecular weight is 490 g/mol. The second-order valence-electron chi connectivity index (χ2n) is 6.84. The number of carbonyl (C=O) groups is 2. The van der Waals surface area contributed by atoms with E-state index in [4.69, 9.17) is 11.6 Å². The zero-order valence-corrected chi connectivity index (χ0v) is 18.6. The zero-order valence-electron chi connectivity index (χ0n) is 15.4. The van der Waals surface area contributed by atoms with Crippen molar-refractivity contribution in [3.63, 3.8) is 0 Å². The van der Waals surface area contributed by atoms with E-state index in [-0.39, 0.29) is 11.8 Å². The quantitative estimate of drug-likeness (QED) is 0.437. The fraction of sp³-hybridized carbons (Fsp3) is 0.182. The number of carbonyl (C=O) groups excluding carboxylic acids is 2. The summed E-state index contributed by atoms with van der Waals surface area (Å²) < 4.78 is 0.906. The number of nitrogens with one attached hydrogen (secondary N) is 2. The number of rotatable bonds is 4. The minimum atomic E-state index is -0.225. The van der Waals surface area contributed by atoms with Gasteiger partial charge in [-0.05, 0) is 79.8 Å². The summed E-state index contributed by atoms with van der Waals surface area (Å²) in [6.45, 7) is 0. The number of hydrogen-bond acceptors (Lipinski definition) is 3. The molecule has 1 heterocycles. The van der Waals surface area contributed by atoms with Crippen molar-refractivity contribution in [2.45, 2.75) is 25.7 Å². The minimum absolute atomic E-state index is 0.210. The lowest BCUT2D eigenvalue weighted by molar-refractivity contribution is 0.102. The van der Waals surface area contributed by atoms with Gasteiger partial charge in [0, 0.05) is 25.6 Å². The van der Waals surface area contributed by atoms with Gasteiger partial charge in [0.1, 0.15) is 5.00 Å². The Bertz CT molecular complexity index is 1060. The maximum Gasteiger partial charge on any atom is 0.258 e. The van der Waals surface area contributed by atoms with Crippen molar-refractivity contribution in [1.82, 2.24) is 0 Å². The Morgan fingerprint density at radius 3 is 2.31 bits per heavy atom. The van der Waals surface area contributed by atoms with Gasteiger partial charge in [0.15, 0.2) is 0 Å². The SMILES string of the molecule is O=C(Nc1sc2c(c1C(=O)Nc1ccc(Cl)cc1)CCCC2)c1ccc(Br)cc1. The second-order valence-corrected chi connectivity index (χ2v) is 9.29. The summed E-state index contributed by atoms with van der Waals surface area (Å²) in [5, 5.41) is 7.11. The average Bonchev–Trinajstić information content (AvgIpc) is 3.08. The van der Waals surface area contributed by atoms with E-state index in [1.54, 1.807) is 36.4 Å². The third kappa shape index (κ3) is 4.55. The second kappa shape index (κ2) is 8.69. The molecule has 2 aromatic carbocycles. The Morgan fingerprint density at radius 1 is 0.897 bits per heavy atom. The molecule has 0 radical (unpaired) electrons. The fourth-order valence-electron chi connectivity index (χ4n) is 3.40. The van der Waals surface area contributed by atoms with Gasteiger partial charge in [-0.2, -0.15) is 0 Å². The van der Waals surface area contributed by atoms with E-state index in [9.17, 15) is 9.59 Å². The summed E-state index contributed by atoms with van der Waals surface area (Å²) in [7, 11) is 0. The number of fused-ring (bicyclic) bond motifs is 1. The van der Waals surface area contributed by atoms with Crippen LogP contribution in [0.15, 0.2) is 53.0 Å². The monoisotopic (exact) mass is 488 g/mol. The summed E-state index contributed by atoms with van der Waals surface area (Å²) in [4.78, 5) is 27.0.